The summed E-state index contributed by atoms with van der Waals surface area (Å²) in [6.07, 6.45) is 3.87. The lowest BCUT2D eigenvalue weighted by Crippen LogP contribution is -2.43. The smallest absolute Gasteiger partial charge is 0.254 e. The van der Waals surface area contributed by atoms with Gasteiger partial charge in [0.2, 0.25) is 0 Å². The Morgan fingerprint density at radius 3 is 2.02 bits per heavy atom. The average molecular weight is 579 g/mol. The van der Waals surface area contributed by atoms with E-state index in [2.05, 4.69) is 55.8 Å². The van der Waals surface area contributed by atoms with Crippen molar-refractivity contribution in [1.82, 2.24) is 14.5 Å². The maximum absolute atomic E-state index is 14.3. The van der Waals surface area contributed by atoms with Crippen molar-refractivity contribution >= 4 is 11.7 Å². The van der Waals surface area contributed by atoms with Gasteiger partial charge in [0.05, 0.1) is 17.8 Å². The molecule has 1 amide bonds. The largest absolute Gasteiger partial charge is 0.328 e. The molecule has 0 aliphatic heterocycles. The molecule has 4 aromatic rings. The molecule has 0 spiro atoms. The van der Waals surface area contributed by atoms with Crippen LogP contribution in [0.4, 0.5) is 0 Å². The van der Waals surface area contributed by atoms with E-state index in [1.54, 1.807) is 0 Å². The van der Waals surface area contributed by atoms with Crippen molar-refractivity contribution in [3.8, 4) is 11.3 Å². The third-order valence-corrected chi connectivity index (χ3v) is 7.89. The van der Waals surface area contributed by atoms with Crippen LogP contribution in [0, 0.1) is 11.3 Å². The van der Waals surface area contributed by atoms with E-state index in [0.717, 1.165) is 22.6 Å². The molecule has 0 saturated carbocycles. The Kier molecular flexibility index (Phi) is 10.7. The Morgan fingerprint density at radius 2 is 1.44 bits per heavy atom. The van der Waals surface area contributed by atoms with Crippen LogP contribution in [0.2, 0.25) is 0 Å². The van der Waals surface area contributed by atoms with Crippen LogP contribution in [0.15, 0.2) is 97.2 Å². The van der Waals surface area contributed by atoms with Gasteiger partial charge in [-0.3, -0.25) is 9.59 Å². The monoisotopic (exact) mass is 578 g/mol. The van der Waals surface area contributed by atoms with Crippen LogP contribution in [0.5, 0.6) is 0 Å². The molecule has 6 nitrogen and oxygen atoms in total. The van der Waals surface area contributed by atoms with E-state index in [-0.39, 0.29) is 29.1 Å². The van der Waals surface area contributed by atoms with E-state index < -0.39 is 6.04 Å². The molecule has 226 valence electrons. The molecule has 4 rings (SSSR count). The zero-order valence-corrected chi connectivity index (χ0v) is 26.2. The van der Waals surface area contributed by atoms with Crippen molar-refractivity contribution in [1.29, 1.82) is 0 Å². The minimum absolute atomic E-state index is 0.0405. The summed E-state index contributed by atoms with van der Waals surface area (Å²) in [5, 5.41) is 0. The number of imidazole rings is 1. The number of hydrogen-bond donors (Lipinski definition) is 1. The highest BCUT2D eigenvalue weighted by Crippen LogP contribution is 2.40. The predicted molar refractivity (Wildman–Crippen MR) is 175 cm³/mol. The van der Waals surface area contributed by atoms with Gasteiger partial charge in [-0.2, -0.15) is 0 Å². The molecule has 0 radical (unpaired) electrons. The molecule has 0 saturated heterocycles. The molecule has 2 N–H and O–H groups in total. The second kappa shape index (κ2) is 14.4. The minimum atomic E-state index is -0.453. The Bertz CT molecular complexity index is 1460. The Balaban J connectivity index is 1.75. The van der Waals surface area contributed by atoms with Gasteiger partial charge in [-0.25, -0.2) is 4.98 Å². The topological polar surface area (TPSA) is 81.2 Å². The number of ketones is 1. The number of aromatic nitrogens is 2. The fourth-order valence-electron chi connectivity index (χ4n) is 5.51. The van der Waals surface area contributed by atoms with Gasteiger partial charge in [0.25, 0.3) is 5.91 Å². The third-order valence-electron chi connectivity index (χ3n) is 7.89. The standard InChI is InChI=1S/C37H46N4O2/c1-27(2)33(38)32(42)23-15-16-24-41(36(43)30-21-13-8-14-22-30)34(37(3,4)5)35-39-31(29-19-11-7-12-20-29)26-40(35)25-28-17-9-6-10-18-28/h6-14,17-22,26-27,33-34H,15-16,23-25,38H2,1-5H3/t33?,34-/m0/s1. The number of benzene rings is 3. The fourth-order valence-corrected chi connectivity index (χ4v) is 5.51. The predicted octanol–water partition coefficient (Wildman–Crippen LogP) is 7.55. The van der Waals surface area contributed by atoms with Crippen molar-refractivity contribution in [2.45, 2.75) is 72.5 Å². The van der Waals surface area contributed by atoms with E-state index in [1.807, 2.05) is 85.5 Å². The number of Topliss-reactive ketones (excluding diaryl/α,β-unsaturated/α-hetero) is 1. The third kappa shape index (κ3) is 8.29. The molecule has 2 atom stereocenters. The van der Waals surface area contributed by atoms with Crippen LogP contribution in [0.1, 0.15) is 81.7 Å². The van der Waals surface area contributed by atoms with Gasteiger partial charge in [-0.05, 0) is 41.9 Å². The normalized spacial score (nSPS) is 13.1. The van der Waals surface area contributed by atoms with Gasteiger partial charge in [-0.1, -0.05) is 113 Å². The van der Waals surface area contributed by atoms with E-state index in [9.17, 15) is 9.59 Å². The minimum Gasteiger partial charge on any atom is -0.328 e. The van der Waals surface area contributed by atoms with Crippen LogP contribution in [0.25, 0.3) is 11.3 Å². The number of nitrogens with two attached hydrogens (primary N) is 1. The van der Waals surface area contributed by atoms with Crippen LogP contribution in [0.3, 0.4) is 0 Å². The first-order chi connectivity index (χ1) is 20.6. The summed E-state index contributed by atoms with van der Waals surface area (Å²) in [6, 6.07) is 29.2. The molecule has 43 heavy (non-hydrogen) atoms. The first kappa shape index (κ1) is 31.9. The summed E-state index contributed by atoms with van der Waals surface area (Å²) in [6.45, 7) is 11.6. The van der Waals surface area contributed by atoms with Crippen molar-refractivity contribution < 1.29 is 9.59 Å². The van der Waals surface area contributed by atoms with E-state index in [4.69, 9.17) is 10.7 Å². The van der Waals surface area contributed by atoms with Crippen LogP contribution in [-0.2, 0) is 11.3 Å². The molecule has 0 aliphatic carbocycles. The number of rotatable bonds is 13. The summed E-state index contributed by atoms with van der Waals surface area (Å²) in [7, 11) is 0. The Labute approximate surface area is 257 Å². The number of carbonyl (C=O) groups excluding carboxylic acids is 2. The number of carbonyl (C=O) groups is 2. The highest BCUT2D eigenvalue weighted by molar-refractivity contribution is 5.94. The second-order valence-electron chi connectivity index (χ2n) is 12.8. The quantitative estimate of drug-likeness (QED) is 0.166. The number of hydrogen-bond acceptors (Lipinski definition) is 4. The Morgan fingerprint density at radius 1 is 0.860 bits per heavy atom. The number of nitrogens with zero attached hydrogens (tertiary/aromatic N) is 3. The van der Waals surface area contributed by atoms with Crippen molar-refractivity contribution in [3.05, 3.63) is 114 Å². The lowest BCUT2D eigenvalue weighted by molar-refractivity contribution is -0.121. The maximum Gasteiger partial charge on any atom is 0.254 e. The van der Waals surface area contributed by atoms with Gasteiger partial charge in [0.15, 0.2) is 0 Å². The van der Waals surface area contributed by atoms with Crippen LogP contribution >= 0.6 is 0 Å². The molecule has 0 aliphatic rings. The number of amides is 1. The molecule has 3 aromatic carbocycles. The molecule has 1 heterocycles. The van der Waals surface area contributed by atoms with Crippen molar-refractivity contribution in [2.75, 3.05) is 6.54 Å². The average Bonchev–Trinajstić information content (AvgIpc) is 3.41. The highest BCUT2D eigenvalue weighted by Gasteiger charge is 2.38. The molecule has 0 fully saturated rings. The zero-order valence-electron chi connectivity index (χ0n) is 26.2. The first-order valence-electron chi connectivity index (χ1n) is 15.4. The molecule has 1 unspecified atom stereocenters. The van der Waals surface area contributed by atoms with E-state index in [0.29, 0.717) is 37.9 Å². The van der Waals surface area contributed by atoms with Crippen LogP contribution in [-0.4, -0.2) is 38.7 Å². The van der Waals surface area contributed by atoms with Crippen molar-refractivity contribution in [3.63, 3.8) is 0 Å². The summed E-state index contributed by atoms with van der Waals surface area (Å²) >= 11 is 0. The SMILES string of the molecule is CC(C)C(N)C(=O)CCCCN(C(=O)c1ccccc1)[C@@H](c1nc(-c2ccccc2)cn1Cc1ccccc1)C(C)(C)C. The summed E-state index contributed by atoms with van der Waals surface area (Å²) in [4.78, 5) is 34.1. The van der Waals surface area contributed by atoms with Crippen molar-refractivity contribution in [2.24, 2.45) is 17.1 Å². The first-order valence-corrected chi connectivity index (χ1v) is 15.4. The van der Waals surface area contributed by atoms with Gasteiger partial charge >= 0.3 is 0 Å². The zero-order chi connectivity index (χ0) is 31.0. The number of unbranched alkanes of at least 4 members (excludes halogenated alkanes) is 1. The molecular weight excluding hydrogens is 532 g/mol. The Hall–Kier alpha value is -4.03. The maximum atomic E-state index is 14.3. The lowest BCUT2D eigenvalue weighted by Gasteiger charge is -2.40. The highest BCUT2D eigenvalue weighted by atomic mass is 16.2. The molecule has 0 bridgehead atoms. The summed E-state index contributed by atoms with van der Waals surface area (Å²) in [5.74, 6) is 0.990. The molecular formula is C37H46N4O2. The summed E-state index contributed by atoms with van der Waals surface area (Å²) < 4.78 is 2.20. The van der Waals surface area contributed by atoms with E-state index in [1.165, 1.54) is 0 Å². The lowest BCUT2D eigenvalue weighted by atomic mass is 9.84. The second-order valence-corrected chi connectivity index (χ2v) is 12.8. The van der Waals surface area contributed by atoms with Gasteiger partial charge < -0.3 is 15.2 Å². The van der Waals surface area contributed by atoms with Gasteiger partial charge in [0, 0.05) is 36.8 Å². The molecule has 1 aromatic heterocycles. The molecule has 6 heteroatoms. The van der Waals surface area contributed by atoms with Gasteiger partial charge in [0.1, 0.15) is 11.6 Å². The fraction of sp³-hybridized carbons (Fsp3) is 0.378. The van der Waals surface area contributed by atoms with Gasteiger partial charge in [-0.15, -0.1) is 0 Å². The van der Waals surface area contributed by atoms with E-state index >= 15 is 0 Å². The summed E-state index contributed by atoms with van der Waals surface area (Å²) in [5.41, 5.74) is 9.48. The van der Waals surface area contributed by atoms with Crippen LogP contribution < -0.4 is 5.73 Å².